The molecule has 0 fully saturated rings. The molecule has 1 aliphatic rings. The lowest BCUT2D eigenvalue weighted by Gasteiger charge is -2.20. The van der Waals surface area contributed by atoms with E-state index in [0.717, 1.165) is 24.7 Å². The van der Waals surface area contributed by atoms with E-state index < -0.39 is 0 Å². The minimum absolute atomic E-state index is 0.495. The van der Waals surface area contributed by atoms with Crippen LogP contribution >= 0.6 is 0 Å². The molecule has 0 bridgehead atoms. The maximum absolute atomic E-state index is 4.24. The summed E-state index contributed by atoms with van der Waals surface area (Å²) in [5.41, 5.74) is 0. The van der Waals surface area contributed by atoms with Gasteiger partial charge in [-0.05, 0) is 12.3 Å². The third-order valence-corrected chi connectivity index (χ3v) is 2.75. The van der Waals surface area contributed by atoms with E-state index in [4.69, 9.17) is 0 Å². The van der Waals surface area contributed by atoms with Gasteiger partial charge in [0.15, 0.2) is 0 Å². The van der Waals surface area contributed by atoms with Crippen LogP contribution in [-0.2, 0) is 13.0 Å². The number of hydrogen-bond donors (Lipinski definition) is 0. The minimum atomic E-state index is 0.495. The van der Waals surface area contributed by atoms with Gasteiger partial charge in [-0.25, -0.2) is 0 Å². The summed E-state index contributed by atoms with van der Waals surface area (Å²) in [6.07, 6.45) is 2.37. The van der Waals surface area contributed by atoms with Crippen LogP contribution in [0, 0.1) is 5.92 Å². The summed E-state index contributed by atoms with van der Waals surface area (Å²) in [5.74, 6) is 3.61. The van der Waals surface area contributed by atoms with Gasteiger partial charge in [-0.1, -0.05) is 20.8 Å². The molecule has 0 aliphatic carbocycles. The lowest BCUT2D eigenvalue weighted by molar-refractivity contribution is 0.399. The average Bonchev–Trinajstić information content (AvgIpc) is 2.46. The Balaban J connectivity index is 2.33. The van der Waals surface area contributed by atoms with Gasteiger partial charge in [-0.3, -0.25) is 0 Å². The van der Waals surface area contributed by atoms with Gasteiger partial charge in [-0.15, -0.1) is 10.2 Å². The van der Waals surface area contributed by atoms with Gasteiger partial charge in [-0.2, -0.15) is 0 Å². The minimum Gasteiger partial charge on any atom is -0.315 e. The van der Waals surface area contributed by atoms with Crippen molar-refractivity contribution in [3.8, 4) is 0 Å². The lowest BCUT2D eigenvalue weighted by Crippen LogP contribution is -2.19. The van der Waals surface area contributed by atoms with Crippen molar-refractivity contribution < 1.29 is 0 Å². The van der Waals surface area contributed by atoms with Crippen LogP contribution in [0.25, 0.3) is 0 Å². The Kier molecular flexibility index (Phi) is 2.10. The quantitative estimate of drug-likeness (QED) is 0.660. The molecule has 1 aromatic rings. The van der Waals surface area contributed by atoms with E-state index in [1.165, 1.54) is 12.2 Å². The second-order valence-electron chi connectivity index (χ2n) is 4.38. The van der Waals surface area contributed by atoms with Crippen molar-refractivity contribution in [3.63, 3.8) is 0 Å². The van der Waals surface area contributed by atoms with E-state index in [0.29, 0.717) is 5.92 Å². The fourth-order valence-electron chi connectivity index (χ4n) is 1.93. The second kappa shape index (κ2) is 3.13. The fourth-order valence-corrected chi connectivity index (χ4v) is 1.93. The van der Waals surface area contributed by atoms with Crippen molar-refractivity contribution in [3.05, 3.63) is 11.6 Å². The molecule has 2 rings (SSSR count). The molecule has 0 N–H and O–H groups in total. The van der Waals surface area contributed by atoms with Gasteiger partial charge in [0.25, 0.3) is 0 Å². The molecule has 2 heterocycles. The van der Waals surface area contributed by atoms with Crippen LogP contribution in [0.2, 0.25) is 0 Å². The summed E-state index contributed by atoms with van der Waals surface area (Å²) in [5, 5.41) is 8.49. The van der Waals surface area contributed by atoms with Gasteiger partial charge >= 0.3 is 0 Å². The molecular formula is C10H17N3. The molecule has 1 aromatic heterocycles. The molecule has 3 nitrogen and oxygen atoms in total. The zero-order valence-electron chi connectivity index (χ0n) is 8.62. The third-order valence-electron chi connectivity index (χ3n) is 2.75. The number of hydrogen-bond acceptors (Lipinski definition) is 2. The first-order chi connectivity index (χ1) is 6.18. The van der Waals surface area contributed by atoms with Crippen LogP contribution in [-0.4, -0.2) is 14.8 Å². The first-order valence-electron chi connectivity index (χ1n) is 5.10. The Morgan fingerprint density at radius 1 is 1.38 bits per heavy atom. The predicted molar refractivity (Wildman–Crippen MR) is 51.6 cm³/mol. The smallest absolute Gasteiger partial charge is 0.135 e. The topological polar surface area (TPSA) is 30.7 Å². The summed E-state index contributed by atoms with van der Waals surface area (Å²) in [7, 11) is 0. The normalized spacial score (nSPS) is 22.0. The highest BCUT2D eigenvalue weighted by Gasteiger charge is 2.20. The van der Waals surface area contributed by atoms with Crippen molar-refractivity contribution in [1.82, 2.24) is 14.8 Å². The molecule has 13 heavy (non-hydrogen) atoms. The standard InChI is InChI=1S/C10H17N3/c1-7(2)10-12-11-9-6-8(3)4-5-13(9)10/h7-8H,4-6H2,1-3H3. The van der Waals surface area contributed by atoms with Gasteiger partial charge in [0.1, 0.15) is 11.6 Å². The molecule has 0 saturated heterocycles. The summed E-state index contributed by atoms with van der Waals surface area (Å²) < 4.78 is 2.30. The molecule has 1 unspecified atom stereocenters. The first-order valence-corrected chi connectivity index (χ1v) is 5.10. The van der Waals surface area contributed by atoms with E-state index in [2.05, 4.69) is 35.5 Å². The number of nitrogens with zero attached hydrogens (tertiary/aromatic N) is 3. The van der Waals surface area contributed by atoms with Gasteiger partial charge in [0.05, 0.1) is 0 Å². The molecule has 0 amide bonds. The highest BCUT2D eigenvalue weighted by Crippen LogP contribution is 2.22. The highest BCUT2D eigenvalue weighted by atomic mass is 15.3. The Morgan fingerprint density at radius 3 is 2.85 bits per heavy atom. The molecule has 0 saturated carbocycles. The van der Waals surface area contributed by atoms with Crippen molar-refractivity contribution in [2.24, 2.45) is 5.92 Å². The Labute approximate surface area is 79.2 Å². The van der Waals surface area contributed by atoms with E-state index in [1.807, 2.05) is 0 Å². The van der Waals surface area contributed by atoms with Crippen molar-refractivity contribution in [2.75, 3.05) is 0 Å². The van der Waals surface area contributed by atoms with Crippen LogP contribution in [0.5, 0.6) is 0 Å². The van der Waals surface area contributed by atoms with Crippen molar-refractivity contribution in [2.45, 2.75) is 46.1 Å². The summed E-state index contributed by atoms with van der Waals surface area (Å²) in [6, 6.07) is 0. The zero-order chi connectivity index (χ0) is 9.42. The SMILES string of the molecule is CC1CCn2c(nnc2C(C)C)C1. The van der Waals surface area contributed by atoms with Gasteiger partial charge in [0, 0.05) is 18.9 Å². The van der Waals surface area contributed by atoms with E-state index in [9.17, 15) is 0 Å². The lowest BCUT2D eigenvalue weighted by atomic mass is 10.00. The maximum atomic E-state index is 4.24. The molecule has 0 radical (unpaired) electrons. The Hall–Kier alpha value is -0.860. The van der Waals surface area contributed by atoms with Crippen molar-refractivity contribution in [1.29, 1.82) is 0 Å². The largest absolute Gasteiger partial charge is 0.315 e. The Morgan fingerprint density at radius 2 is 2.15 bits per heavy atom. The van der Waals surface area contributed by atoms with E-state index >= 15 is 0 Å². The van der Waals surface area contributed by atoms with Crippen LogP contribution in [0.4, 0.5) is 0 Å². The molecule has 0 aromatic carbocycles. The van der Waals surface area contributed by atoms with Crippen molar-refractivity contribution >= 4 is 0 Å². The highest BCUT2D eigenvalue weighted by molar-refractivity contribution is 5.03. The molecular weight excluding hydrogens is 162 g/mol. The third kappa shape index (κ3) is 1.47. The molecule has 72 valence electrons. The summed E-state index contributed by atoms with van der Waals surface area (Å²) in [6.45, 7) is 7.74. The average molecular weight is 179 g/mol. The number of fused-ring (bicyclic) bond motifs is 1. The van der Waals surface area contributed by atoms with Crippen LogP contribution in [0.15, 0.2) is 0 Å². The zero-order valence-corrected chi connectivity index (χ0v) is 8.62. The number of rotatable bonds is 1. The van der Waals surface area contributed by atoms with Crippen LogP contribution in [0.3, 0.4) is 0 Å². The number of aromatic nitrogens is 3. The predicted octanol–water partition coefficient (Wildman–Crippen LogP) is 1.98. The first kappa shape index (κ1) is 8.73. The van der Waals surface area contributed by atoms with E-state index in [-0.39, 0.29) is 0 Å². The molecule has 3 heteroatoms. The molecule has 0 spiro atoms. The Bertz CT molecular complexity index is 301. The molecule has 1 aliphatic heterocycles. The van der Waals surface area contributed by atoms with E-state index in [1.54, 1.807) is 0 Å². The maximum Gasteiger partial charge on any atom is 0.135 e. The van der Waals surface area contributed by atoms with Gasteiger partial charge < -0.3 is 4.57 Å². The monoisotopic (exact) mass is 179 g/mol. The second-order valence-corrected chi connectivity index (χ2v) is 4.38. The van der Waals surface area contributed by atoms with Crippen LogP contribution < -0.4 is 0 Å². The fraction of sp³-hybridized carbons (Fsp3) is 0.800. The summed E-state index contributed by atoms with van der Waals surface area (Å²) >= 11 is 0. The summed E-state index contributed by atoms with van der Waals surface area (Å²) in [4.78, 5) is 0. The van der Waals surface area contributed by atoms with Gasteiger partial charge in [0.2, 0.25) is 0 Å². The molecule has 1 atom stereocenters. The van der Waals surface area contributed by atoms with Crippen LogP contribution in [0.1, 0.15) is 44.8 Å².